The van der Waals surface area contributed by atoms with Gasteiger partial charge < -0.3 is 15.0 Å². The van der Waals surface area contributed by atoms with Crippen molar-refractivity contribution in [1.82, 2.24) is 0 Å². The number of hydrogen-bond acceptors (Lipinski definition) is 3. The Hall–Kier alpha value is -1.55. The Morgan fingerprint density at radius 3 is 2.67 bits per heavy atom. The van der Waals surface area contributed by atoms with E-state index in [1.54, 1.807) is 0 Å². The van der Waals surface area contributed by atoms with Crippen molar-refractivity contribution < 1.29 is 9.53 Å². The number of nitrogens with one attached hydrogen (secondary N) is 1. The van der Waals surface area contributed by atoms with E-state index < -0.39 is 0 Å². The summed E-state index contributed by atoms with van der Waals surface area (Å²) >= 11 is 0. The average molecular weight is 248 g/mol. The zero-order valence-electron chi connectivity index (χ0n) is 11.0. The largest absolute Gasteiger partial charge is 0.378 e. The second-order valence-corrected chi connectivity index (χ2v) is 4.83. The molecule has 1 aliphatic rings. The Morgan fingerprint density at radius 2 is 2.11 bits per heavy atom. The normalized spacial score (nSPS) is 18.7. The number of carbonyl (C=O) groups excluding carboxylic acids is 1. The summed E-state index contributed by atoms with van der Waals surface area (Å²) < 4.78 is 5.44. The summed E-state index contributed by atoms with van der Waals surface area (Å²) in [5.74, 6) is 0.0273. The first-order chi connectivity index (χ1) is 8.65. The highest BCUT2D eigenvalue weighted by molar-refractivity contribution is 5.91. The molecule has 1 aliphatic heterocycles. The molecule has 2 rings (SSSR count). The van der Waals surface area contributed by atoms with Gasteiger partial charge in [-0.1, -0.05) is 0 Å². The van der Waals surface area contributed by atoms with Crippen LogP contribution in [0.25, 0.3) is 0 Å². The number of nitrogens with zero attached hydrogens (tertiary/aromatic N) is 1. The predicted molar refractivity (Wildman–Crippen MR) is 73.0 cm³/mol. The number of rotatable bonds is 4. The summed E-state index contributed by atoms with van der Waals surface area (Å²) in [7, 11) is 3.98. The second kappa shape index (κ2) is 5.87. The van der Waals surface area contributed by atoms with Crippen LogP contribution < -0.4 is 10.2 Å². The first-order valence-electron chi connectivity index (χ1n) is 6.34. The predicted octanol–water partition coefficient (Wildman–Crippen LogP) is 2.26. The molecule has 98 valence electrons. The smallest absolute Gasteiger partial charge is 0.226 e. The number of ether oxygens (including phenoxy) is 1. The van der Waals surface area contributed by atoms with Crippen molar-refractivity contribution in [2.75, 3.05) is 30.9 Å². The van der Waals surface area contributed by atoms with E-state index in [2.05, 4.69) is 5.32 Å². The summed E-state index contributed by atoms with van der Waals surface area (Å²) in [6.07, 6.45) is 2.61. The van der Waals surface area contributed by atoms with Crippen molar-refractivity contribution in [2.45, 2.75) is 25.4 Å². The fourth-order valence-electron chi connectivity index (χ4n) is 2.07. The molecule has 4 nitrogen and oxygen atoms in total. The van der Waals surface area contributed by atoms with Crippen LogP contribution in [0.3, 0.4) is 0 Å². The van der Waals surface area contributed by atoms with E-state index in [1.807, 2.05) is 43.3 Å². The Bertz CT molecular complexity index is 395. The van der Waals surface area contributed by atoms with Crippen molar-refractivity contribution in [3.63, 3.8) is 0 Å². The molecule has 0 radical (unpaired) electrons. The summed E-state index contributed by atoms with van der Waals surface area (Å²) in [4.78, 5) is 13.8. The van der Waals surface area contributed by atoms with E-state index in [1.165, 1.54) is 0 Å². The van der Waals surface area contributed by atoms with Crippen LogP contribution in [0.2, 0.25) is 0 Å². The van der Waals surface area contributed by atoms with Gasteiger partial charge in [-0.25, -0.2) is 0 Å². The maximum atomic E-state index is 11.8. The van der Waals surface area contributed by atoms with E-state index >= 15 is 0 Å². The zero-order chi connectivity index (χ0) is 13.0. The molecule has 0 aliphatic carbocycles. The number of amides is 1. The van der Waals surface area contributed by atoms with Gasteiger partial charge in [0.1, 0.15) is 0 Å². The van der Waals surface area contributed by atoms with E-state index in [0.717, 1.165) is 30.8 Å². The molecule has 1 aromatic carbocycles. The molecular weight excluding hydrogens is 228 g/mol. The topological polar surface area (TPSA) is 41.6 Å². The first-order valence-corrected chi connectivity index (χ1v) is 6.34. The molecule has 1 atom stereocenters. The Labute approximate surface area is 108 Å². The van der Waals surface area contributed by atoms with Crippen LogP contribution in [0.4, 0.5) is 11.4 Å². The molecule has 1 amide bonds. The lowest BCUT2D eigenvalue weighted by atomic mass is 10.1. The van der Waals surface area contributed by atoms with E-state index in [-0.39, 0.29) is 12.0 Å². The van der Waals surface area contributed by atoms with Crippen molar-refractivity contribution in [3.05, 3.63) is 24.3 Å². The highest BCUT2D eigenvalue weighted by Crippen LogP contribution is 2.18. The lowest BCUT2D eigenvalue weighted by Gasteiger charge is -2.13. The van der Waals surface area contributed by atoms with Gasteiger partial charge in [-0.3, -0.25) is 4.79 Å². The Morgan fingerprint density at radius 1 is 1.39 bits per heavy atom. The number of benzene rings is 1. The third-order valence-corrected chi connectivity index (χ3v) is 3.10. The van der Waals surface area contributed by atoms with Gasteiger partial charge >= 0.3 is 0 Å². The molecule has 0 aromatic heterocycles. The van der Waals surface area contributed by atoms with Crippen LogP contribution in [0, 0.1) is 0 Å². The van der Waals surface area contributed by atoms with Crippen molar-refractivity contribution in [1.29, 1.82) is 0 Å². The lowest BCUT2D eigenvalue weighted by molar-refractivity contribution is -0.118. The fraction of sp³-hybridized carbons (Fsp3) is 0.500. The minimum atomic E-state index is 0.0273. The van der Waals surface area contributed by atoms with Crippen LogP contribution in [0.15, 0.2) is 24.3 Å². The molecule has 1 saturated heterocycles. The highest BCUT2D eigenvalue weighted by Gasteiger charge is 2.18. The molecule has 1 N–H and O–H groups in total. The first kappa shape index (κ1) is 12.9. The van der Waals surface area contributed by atoms with Crippen LogP contribution in [-0.2, 0) is 9.53 Å². The number of carbonyl (C=O) groups is 1. The molecule has 18 heavy (non-hydrogen) atoms. The van der Waals surface area contributed by atoms with Crippen molar-refractivity contribution >= 4 is 17.3 Å². The average Bonchev–Trinajstić information content (AvgIpc) is 2.82. The van der Waals surface area contributed by atoms with Crippen LogP contribution in [-0.4, -0.2) is 32.7 Å². The Kier molecular flexibility index (Phi) is 4.20. The van der Waals surface area contributed by atoms with Gasteiger partial charge in [0.05, 0.1) is 12.5 Å². The molecule has 0 spiro atoms. The molecule has 0 bridgehead atoms. The van der Waals surface area contributed by atoms with Crippen LogP contribution in [0.1, 0.15) is 19.3 Å². The summed E-state index contributed by atoms with van der Waals surface area (Å²) in [5.41, 5.74) is 1.95. The van der Waals surface area contributed by atoms with E-state index in [4.69, 9.17) is 4.74 Å². The quantitative estimate of drug-likeness (QED) is 0.888. The fourth-order valence-corrected chi connectivity index (χ4v) is 2.07. The molecule has 1 unspecified atom stereocenters. The number of anilines is 2. The van der Waals surface area contributed by atoms with Crippen molar-refractivity contribution in [2.24, 2.45) is 0 Å². The zero-order valence-corrected chi connectivity index (χ0v) is 11.0. The minimum Gasteiger partial charge on any atom is -0.378 e. The molecule has 1 aromatic rings. The van der Waals surface area contributed by atoms with Gasteiger partial charge in [0, 0.05) is 32.1 Å². The van der Waals surface area contributed by atoms with Gasteiger partial charge in [-0.2, -0.15) is 0 Å². The second-order valence-electron chi connectivity index (χ2n) is 4.83. The molecule has 4 heteroatoms. The van der Waals surface area contributed by atoms with Crippen LogP contribution in [0.5, 0.6) is 0 Å². The maximum absolute atomic E-state index is 11.8. The summed E-state index contributed by atoms with van der Waals surface area (Å²) in [6.45, 7) is 0.787. The molecule has 1 fully saturated rings. The summed E-state index contributed by atoms with van der Waals surface area (Å²) in [6, 6.07) is 7.81. The minimum absolute atomic E-state index is 0.0273. The van der Waals surface area contributed by atoms with Gasteiger partial charge in [0.2, 0.25) is 5.91 Å². The molecule has 0 saturated carbocycles. The molecule has 1 heterocycles. The third-order valence-electron chi connectivity index (χ3n) is 3.10. The maximum Gasteiger partial charge on any atom is 0.226 e. The van der Waals surface area contributed by atoms with Crippen LogP contribution >= 0.6 is 0 Å². The molecular formula is C14H20N2O2. The SMILES string of the molecule is CN(C)c1ccc(NC(=O)CC2CCCO2)cc1. The monoisotopic (exact) mass is 248 g/mol. The van der Waals surface area contributed by atoms with Gasteiger partial charge in [0.15, 0.2) is 0 Å². The third kappa shape index (κ3) is 3.47. The van der Waals surface area contributed by atoms with Crippen molar-refractivity contribution in [3.8, 4) is 0 Å². The summed E-state index contributed by atoms with van der Waals surface area (Å²) in [5, 5.41) is 2.90. The Balaban J connectivity index is 1.86. The number of hydrogen-bond donors (Lipinski definition) is 1. The van der Waals surface area contributed by atoms with E-state index in [0.29, 0.717) is 6.42 Å². The van der Waals surface area contributed by atoms with E-state index in [9.17, 15) is 4.79 Å². The van der Waals surface area contributed by atoms with Gasteiger partial charge in [0.25, 0.3) is 0 Å². The van der Waals surface area contributed by atoms with Gasteiger partial charge in [-0.15, -0.1) is 0 Å². The standard InChI is InChI=1S/C14H20N2O2/c1-16(2)12-7-5-11(6-8-12)15-14(17)10-13-4-3-9-18-13/h5-8,13H,3-4,9-10H2,1-2H3,(H,15,17). The van der Waals surface area contributed by atoms with Gasteiger partial charge in [-0.05, 0) is 37.1 Å². The lowest BCUT2D eigenvalue weighted by Crippen LogP contribution is -2.19. The highest BCUT2D eigenvalue weighted by atomic mass is 16.5.